The van der Waals surface area contributed by atoms with Gasteiger partial charge in [0.1, 0.15) is 23.6 Å². The Morgan fingerprint density at radius 2 is 1.85 bits per heavy atom. The molecule has 2 N–H and O–H groups in total. The third-order valence-electron chi connectivity index (χ3n) is 3.55. The summed E-state index contributed by atoms with van der Waals surface area (Å²) in [5, 5.41) is 5.97. The summed E-state index contributed by atoms with van der Waals surface area (Å²) in [5.41, 5.74) is 2.02. The maximum atomic E-state index is 12.4. The molecular weight excluding hydrogens is 330 g/mol. The minimum Gasteiger partial charge on any atom is -0.494 e. The number of hydrogen-bond acceptors (Lipinski definition) is 6. The molecular formula is C19H19N5O2. The summed E-state index contributed by atoms with van der Waals surface area (Å²) in [5.74, 6) is 1.03. The van der Waals surface area contributed by atoms with Crippen molar-refractivity contribution in [3.05, 3.63) is 72.4 Å². The Balaban J connectivity index is 1.62. The Bertz CT molecular complexity index is 853. The molecule has 0 aliphatic heterocycles. The average molecular weight is 349 g/mol. The van der Waals surface area contributed by atoms with Gasteiger partial charge in [0.2, 0.25) is 0 Å². The van der Waals surface area contributed by atoms with Gasteiger partial charge >= 0.3 is 0 Å². The van der Waals surface area contributed by atoms with Gasteiger partial charge in [-0.05, 0) is 48.9 Å². The fraction of sp³-hybridized carbons (Fsp3) is 0.158. The minimum atomic E-state index is -0.302. The highest BCUT2D eigenvalue weighted by Crippen LogP contribution is 2.16. The summed E-state index contributed by atoms with van der Waals surface area (Å²) in [6.07, 6.45) is 4.82. The van der Waals surface area contributed by atoms with Gasteiger partial charge in [-0.15, -0.1) is 0 Å². The SMILES string of the molecule is CCOc1ccc(NC(=O)c2cc(NCc3ccncc3)ncn2)cc1. The summed E-state index contributed by atoms with van der Waals surface area (Å²) in [4.78, 5) is 24.5. The number of amides is 1. The zero-order valence-electron chi connectivity index (χ0n) is 14.3. The molecule has 0 fully saturated rings. The Morgan fingerprint density at radius 1 is 1.08 bits per heavy atom. The Morgan fingerprint density at radius 3 is 2.58 bits per heavy atom. The molecule has 0 unspecified atom stereocenters. The lowest BCUT2D eigenvalue weighted by atomic mass is 10.2. The normalized spacial score (nSPS) is 10.2. The molecule has 0 bridgehead atoms. The van der Waals surface area contributed by atoms with Crippen molar-refractivity contribution in [2.75, 3.05) is 17.2 Å². The van der Waals surface area contributed by atoms with E-state index in [2.05, 4.69) is 25.6 Å². The second-order valence-corrected chi connectivity index (χ2v) is 5.41. The van der Waals surface area contributed by atoms with Gasteiger partial charge in [-0.1, -0.05) is 0 Å². The van der Waals surface area contributed by atoms with E-state index in [4.69, 9.17) is 4.74 Å². The van der Waals surface area contributed by atoms with E-state index in [1.807, 2.05) is 19.1 Å². The molecule has 3 rings (SSSR count). The number of carbonyl (C=O) groups excluding carboxylic acids is 1. The lowest BCUT2D eigenvalue weighted by molar-refractivity contribution is 0.102. The van der Waals surface area contributed by atoms with Gasteiger partial charge < -0.3 is 15.4 Å². The second-order valence-electron chi connectivity index (χ2n) is 5.41. The van der Waals surface area contributed by atoms with Crippen LogP contribution in [-0.2, 0) is 6.54 Å². The average Bonchev–Trinajstić information content (AvgIpc) is 2.69. The number of hydrogen-bond donors (Lipinski definition) is 2. The predicted molar refractivity (Wildman–Crippen MR) is 99.2 cm³/mol. The van der Waals surface area contributed by atoms with E-state index in [9.17, 15) is 4.79 Å². The number of benzene rings is 1. The molecule has 0 saturated heterocycles. The van der Waals surface area contributed by atoms with E-state index in [1.165, 1.54) is 6.33 Å². The first-order chi connectivity index (χ1) is 12.7. The fourth-order valence-electron chi connectivity index (χ4n) is 2.27. The number of nitrogens with zero attached hydrogens (tertiary/aromatic N) is 3. The molecule has 7 heteroatoms. The molecule has 2 aromatic heterocycles. The first kappa shape index (κ1) is 17.3. The summed E-state index contributed by atoms with van der Waals surface area (Å²) < 4.78 is 5.38. The van der Waals surface area contributed by atoms with Crippen molar-refractivity contribution in [3.8, 4) is 5.75 Å². The molecule has 0 saturated carbocycles. The topological polar surface area (TPSA) is 89.0 Å². The standard InChI is InChI=1S/C19H19N5O2/c1-2-26-16-5-3-15(4-6-16)24-19(25)17-11-18(23-13-22-17)21-12-14-7-9-20-10-8-14/h3-11,13H,2,12H2,1H3,(H,24,25)(H,21,22,23). The van der Waals surface area contributed by atoms with Crippen molar-refractivity contribution < 1.29 is 9.53 Å². The smallest absolute Gasteiger partial charge is 0.274 e. The second kappa shape index (κ2) is 8.57. The van der Waals surface area contributed by atoms with Gasteiger partial charge in [-0.3, -0.25) is 9.78 Å². The number of ether oxygens (including phenoxy) is 1. The predicted octanol–water partition coefficient (Wildman–Crippen LogP) is 3.13. The van der Waals surface area contributed by atoms with Crippen molar-refractivity contribution in [3.63, 3.8) is 0 Å². The van der Waals surface area contributed by atoms with Crippen LogP contribution in [0.3, 0.4) is 0 Å². The molecule has 2 heterocycles. The highest BCUT2D eigenvalue weighted by atomic mass is 16.5. The first-order valence-electron chi connectivity index (χ1n) is 8.23. The third-order valence-corrected chi connectivity index (χ3v) is 3.55. The lowest BCUT2D eigenvalue weighted by Gasteiger charge is -2.08. The van der Waals surface area contributed by atoms with E-state index < -0.39 is 0 Å². The molecule has 1 amide bonds. The van der Waals surface area contributed by atoms with Crippen molar-refractivity contribution >= 4 is 17.4 Å². The fourth-order valence-corrected chi connectivity index (χ4v) is 2.27. The Labute approximate surface area is 151 Å². The summed E-state index contributed by atoms with van der Waals surface area (Å²) in [6, 6.07) is 12.6. The van der Waals surface area contributed by atoms with Crippen LogP contribution in [-0.4, -0.2) is 27.5 Å². The van der Waals surface area contributed by atoms with Crippen molar-refractivity contribution in [1.82, 2.24) is 15.0 Å². The molecule has 132 valence electrons. The minimum absolute atomic E-state index is 0.283. The van der Waals surface area contributed by atoms with Gasteiger partial charge in [-0.2, -0.15) is 0 Å². The molecule has 0 aliphatic rings. The van der Waals surface area contributed by atoms with Gasteiger partial charge in [0.15, 0.2) is 0 Å². The molecule has 0 radical (unpaired) electrons. The van der Waals surface area contributed by atoms with Gasteiger partial charge in [-0.25, -0.2) is 9.97 Å². The highest BCUT2D eigenvalue weighted by molar-refractivity contribution is 6.03. The summed E-state index contributed by atoms with van der Waals surface area (Å²) in [7, 11) is 0. The highest BCUT2D eigenvalue weighted by Gasteiger charge is 2.09. The maximum absolute atomic E-state index is 12.4. The molecule has 0 spiro atoms. The van der Waals surface area contributed by atoms with Crippen LogP contribution in [0.25, 0.3) is 0 Å². The van der Waals surface area contributed by atoms with E-state index >= 15 is 0 Å². The molecule has 0 atom stereocenters. The number of rotatable bonds is 7. The maximum Gasteiger partial charge on any atom is 0.274 e. The number of aromatic nitrogens is 3. The molecule has 0 aliphatic carbocycles. The largest absolute Gasteiger partial charge is 0.494 e. The summed E-state index contributed by atoms with van der Waals surface area (Å²) in [6.45, 7) is 3.10. The van der Waals surface area contributed by atoms with Gasteiger partial charge in [0.05, 0.1) is 6.61 Å². The monoisotopic (exact) mass is 349 g/mol. The van der Waals surface area contributed by atoms with E-state index in [1.54, 1.807) is 42.7 Å². The molecule has 26 heavy (non-hydrogen) atoms. The van der Waals surface area contributed by atoms with Crippen LogP contribution in [0.4, 0.5) is 11.5 Å². The van der Waals surface area contributed by atoms with Crippen LogP contribution in [0.5, 0.6) is 5.75 Å². The van der Waals surface area contributed by atoms with Crippen LogP contribution in [0.1, 0.15) is 23.0 Å². The molecule has 1 aromatic carbocycles. The summed E-state index contributed by atoms with van der Waals surface area (Å²) >= 11 is 0. The third kappa shape index (κ3) is 4.76. The lowest BCUT2D eigenvalue weighted by Crippen LogP contribution is -2.14. The molecule has 7 nitrogen and oxygen atoms in total. The Hall–Kier alpha value is -3.48. The van der Waals surface area contributed by atoms with Gasteiger partial charge in [0, 0.05) is 30.7 Å². The van der Waals surface area contributed by atoms with Crippen LogP contribution in [0.15, 0.2) is 61.2 Å². The zero-order valence-corrected chi connectivity index (χ0v) is 14.3. The van der Waals surface area contributed by atoms with E-state index in [-0.39, 0.29) is 11.6 Å². The van der Waals surface area contributed by atoms with Crippen LogP contribution in [0.2, 0.25) is 0 Å². The quantitative estimate of drug-likeness (QED) is 0.681. The van der Waals surface area contributed by atoms with Gasteiger partial charge in [0.25, 0.3) is 5.91 Å². The number of carbonyl (C=O) groups is 1. The van der Waals surface area contributed by atoms with E-state index in [0.717, 1.165) is 11.3 Å². The van der Waals surface area contributed by atoms with Crippen molar-refractivity contribution in [2.24, 2.45) is 0 Å². The van der Waals surface area contributed by atoms with Crippen LogP contribution >= 0.6 is 0 Å². The Kier molecular flexibility index (Phi) is 5.72. The number of anilines is 2. The van der Waals surface area contributed by atoms with Crippen LogP contribution in [0, 0.1) is 0 Å². The number of nitrogens with one attached hydrogen (secondary N) is 2. The van der Waals surface area contributed by atoms with Crippen LogP contribution < -0.4 is 15.4 Å². The number of pyridine rings is 1. The van der Waals surface area contributed by atoms with E-state index in [0.29, 0.717) is 24.7 Å². The van der Waals surface area contributed by atoms with Crippen molar-refractivity contribution in [2.45, 2.75) is 13.5 Å². The molecule has 3 aromatic rings. The first-order valence-corrected chi connectivity index (χ1v) is 8.23. The van der Waals surface area contributed by atoms with Crippen molar-refractivity contribution in [1.29, 1.82) is 0 Å². The zero-order chi connectivity index (χ0) is 18.2.